The summed E-state index contributed by atoms with van der Waals surface area (Å²) in [6.45, 7) is 0. The fourth-order valence-corrected chi connectivity index (χ4v) is 7.59. The van der Waals surface area contributed by atoms with Crippen LogP contribution in [-0.4, -0.2) is 0 Å². The molecule has 10 aromatic carbocycles. The van der Waals surface area contributed by atoms with Gasteiger partial charge < -0.3 is 9.32 Å². The average molecular weight is 781 g/mol. The molecule has 0 spiro atoms. The molecule has 0 unspecified atom stereocenters. The van der Waals surface area contributed by atoms with E-state index in [4.69, 9.17) is 14.0 Å². The maximum atomic E-state index is 9.82. The molecule has 282 valence electrons. The summed E-state index contributed by atoms with van der Waals surface area (Å²) in [6.07, 6.45) is 0. The minimum Gasteiger partial charge on any atom is -0.455 e. The number of benzene rings is 10. The molecule has 2 heteroatoms. The highest BCUT2D eigenvalue weighted by Crippen LogP contribution is 2.46. The molecular weight excluding hydrogens is 727 g/mol. The van der Waals surface area contributed by atoms with Gasteiger partial charge >= 0.3 is 0 Å². The van der Waals surface area contributed by atoms with E-state index in [2.05, 4.69) is 6.07 Å². The maximum absolute atomic E-state index is 9.82. The van der Waals surface area contributed by atoms with E-state index in [-0.39, 0.29) is 5.69 Å². The molecule has 0 saturated heterocycles. The largest absolute Gasteiger partial charge is 0.455 e. The highest BCUT2D eigenvalue weighted by Gasteiger charge is 2.22. The average Bonchev–Trinajstić information content (AvgIpc) is 3.83. The lowest BCUT2D eigenvalue weighted by Gasteiger charge is -2.27. The zero-order valence-corrected chi connectivity index (χ0v) is 31.7. The van der Waals surface area contributed by atoms with Gasteiger partial charge in [-0.05, 0) is 121 Å². The molecule has 11 rings (SSSR count). The number of rotatable bonds is 8. The molecule has 1 heterocycles. The Morgan fingerprint density at radius 3 is 1.63 bits per heavy atom. The van der Waals surface area contributed by atoms with Crippen LogP contribution in [0.5, 0.6) is 0 Å². The summed E-state index contributed by atoms with van der Waals surface area (Å²) < 4.78 is 143. The van der Waals surface area contributed by atoms with Gasteiger partial charge in [0.05, 0.1) is 31.6 Å². The van der Waals surface area contributed by atoms with Gasteiger partial charge in [0.25, 0.3) is 0 Å². The minimum atomic E-state index is -0.792. The molecule has 0 bridgehead atoms. The number of para-hydroxylation sites is 1. The predicted octanol–water partition coefficient (Wildman–Crippen LogP) is 16.5. The Kier molecular flexibility index (Phi) is 5.75. The first-order valence-electron chi connectivity index (χ1n) is 26.8. The summed E-state index contributed by atoms with van der Waals surface area (Å²) in [5, 5.41) is 0.333. The topological polar surface area (TPSA) is 16.4 Å². The zero-order valence-electron chi connectivity index (χ0n) is 46.7. The van der Waals surface area contributed by atoms with Gasteiger partial charge in [0.15, 0.2) is 0 Å². The van der Waals surface area contributed by atoms with Gasteiger partial charge in [-0.15, -0.1) is 0 Å². The van der Waals surface area contributed by atoms with Gasteiger partial charge in [0, 0.05) is 22.3 Å². The van der Waals surface area contributed by atoms with Gasteiger partial charge in [-0.1, -0.05) is 176 Å². The van der Waals surface area contributed by atoms with E-state index in [0.29, 0.717) is 33.3 Å². The number of fused-ring (bicyclic) bond motifs is 4. The molecule has 1 aromatic heterocycles. The summed E-state index contributed by atoms with van der Waals surface area (Å²) in [5.74, 6) is 0. The second-order valence-electron chi connectivity index (χ2n) is 14.1. The van der Waals surface area contributed by atoms with Crippen LogP contribution in [0.4, 0.5) is 17.1 Å². The van der Waals surface area contributed by atoms with Gasteiger partial charge in [-0.25, -0.2) is 0 Å². The number of hydrogen-bond donors (Lipinski definition) is 0. The van der Waals surface area contributed by atoms with Crippen LogP contribution < -0.4 is 4.90 Å². The molecule has 0 N–H and O–H groups in total. The van der Waals surface area contributed by atoms with Crippen LogP contribution in [0.3, 0.4) is 0 Å². The van der Waals surface area contributed by atoms with Crippen LogP contribution >= 0.6 is 0 Å². The molecule has 0 aliphatic rings. The lowest BCUT2D eigenvalue weighted by molar-refractivity contribution is 0.670. The Bertz CT molecular complexity index is 4120. The van der Waals surface area contributed by atoms with Crippen molar-refractivity contribution in [2.75, 3.05) is 4.90 Å². The summed E-state index contributed by atoms with van der Waals surface area (Å²) in [7, 11) is 0. The first-order valence-corrected chi connectivity index (χ1v) is 19.3. The minimum absolute atomic E-state index is 0.192. The molecule has 0 atom stereocenters. The van der Waals surface area contributed by atoms with Crippen molar-refractivity contribution in [3.8, 4) is 55.6 Å². The van der Waals surface area contributed by atoms with Crippen molar-refractivity contribution in [3.05, 3.63) is 236 Å². The number of hydrogen-bond acceptors (Lipinski definition) is 2. The van der Waals surface area contributed by atoms with E-state index in [0.717, 1.165) is 33.4 Å². The molecule has 0 radical (unpaired) electrons. The van der Waals surface area contributed by atoms with Gasteiger partial charge in [-0.2, -0.15) is 0 Å². The first-order chi connectivity index (χ1) is 36.0. The van der Waals surface area contributed by atoms with E-state index in [9.17, 15) is 11.0 Å². The summed E-state index contributed by atoms with van der Waals surface area (Å²) in [6, 6.07) is 35.6. The molecule has 0 saturated carbocycles. The van der Waals surface area contributed by atoms with Crippen molar-refractivity contribution in [1.29, 1.82) is 0 Å². The third-order valence-electron chi connectivity index (χ3n) is 10.5. The van der Waals surface area contributed by atoms with E-state index in [1.807, 2.05) is 140 Å². The zero-order chi connectivity index (χ0) is 52.9. The van der Waals surface area contributed by atoms with Crippen LogP contribution in [0.15, 0.2) is 241 Å². The molecule has 60 heavy (non-hydrogen) atoms. The number of anilines is 3. The fraction of sp³-hybridized carbons (Fsp3) is 0. The van der Waals surface area contributed by atoms with Crippen molar-refractivity contribution < 1.29 is 25.0 Å². The van der Waals surface area contributed by atoms with E-state index < -0.39 is 124 Å². The Balaban J connectivity index is 1.15. The predicted molar refractivity (Wildman–Crippen MR) is 253 cm³/mol. The first kappa shape index (κ1) is 22.9. The standard InChI is InChI=1S/C58H39NO/c1-4-13-40(14-5-1)45-19-12-20-46(37-45)42-27-31-51(32-28-42)59(55-36-35-53(44-17-8-3-9-18-44)58-57(55)54-21-10-11-22-56(54)60-58)52-33-29-43(30-34-52)48-24-26-49-38-47(23-25-50(49)39-48)41-15-6-2-7-16-41/h1-39H/i2D,6D,7D,15D,16D,23D,24D,25D,26D,29D,30D,33D,34D,38D,39D. The van der Waals surface area contributed by atoms with Crippen molar-refractivity contribution in [1.82, 2.24) is 0 Å². The number of nitrogens with zero attached hydrogens (tertiary/aromatic N) is 1. The normalized spacial score (nSPS) is 14.8. The summed E-state index contributed by atoms with van der Waals surface area (Å²) in [5.41, 5.74) is 5.05. The van der Waals surface area contributed by atoms with Crippen LogP contribution in [0.25, 0.3) is 88.3 Å². The maximum Gasteiger partial charge on any atom is 0.145 e. The van der Waals surface area contributed by atoms with Crippen LogP contribution in [0.1, 0.15) is 20.6 Å². The molecule has 0 fully saturated rings. The molecule has 11 aromatic rings. The Hall–Kier alpha value is -7.94. The third-order valence-corrected chi connectivity index (χ3v) is 10.5. The molecular formula is C58H39NO. The van der Waals surface area contributed by atoms with E-state index in [1.165, 1.54) is 0 Å². The summed E-state index contributed by atoms with van der Waals surface area (Å²) >= 11 is 0. The fourth-order valence-electron chi connectivity index (χ4n) is 7.59. The van der Waals surface area contributed by atoms with Gasteiger partial charge in [-0.3, -0.25) is 0 Å². The molecule has 2 nitrogen and oxygen atoms in total. The van der Waals surface area contributed by atoms with Crippen LogP contribution in [-0.2, 0) is 0 Å². The third kappa shape index (κ3) is 6.51. The quantitative estimate of drug-likeness (QED) is 0.153. The van der Waals surface area contributed by atoms with Crippen LogP contribution in [0, 0.1) is 0 Å². The van der Waals surface area contributed by atoms with Crippen molar-refractivity contribution >= 4 is 49.8 Å². The second kappa shape index (κ2) is 15.1. The van der Waals surface area contributed by atoms with Crippen molar-refractivity contribution in [2.24, 2.45) is 0 Å². The molecule has 0 aliphatic carbocycles. The van der Waals surface area contributed by atoms with Crippen molar-refractivity contribution in [3.63, 3.8) is 0 Å². The molecule has 0 aliphatic heterocycles. The number of furan rings is 1. The monoisotopic (exact) mass is 780 g/mol. The lowest BCUT2D eigenvalue weighted by Crippen LogP contribution is -2.10. The SMILES string of the molecule is [2H]c1c([2H])c([2H])c(-c2c([2H])c([2H])c3c([2H])c(-c4c([2H])c([2H])c(N(c5ccc(-c6cccc(-c7ccccc7)c6)cc5)c5ccc(-c6ccccc6)c6oc7ccccc7c56)c([2H])c4[2H])c([2H])c([2H])c3c2[2H])c([2H])c1[2H]. The van der Waals surface area contributed by atoms with Crippen molar-refractivity contribution in [2.45, 2.75) is 0 Å². The Morgan fingerprint density at radius 2 is 0.950 bits per heavy atom. The lowest BCUT2D eigenvalue weighted by atomic mass is 9.97. The highest BCUT2D eigenvalue weighted by molar-refractivity contribution is 6.17. The molecule has 0 amide bonds. The van der Waals surface area contributed by atoms with Gasteiger partial charge in [0.2, 0.25) is 0 Å². The smallest absolute Gasteiger partial charge is 0.145 e. The van der Waals surface area contributed by atoms with E-state index >= 15 is 0 Å². The highest BCUT2D eigenvalue weighted by atomic mass is 16.3. The second-order valence-corrected chi connectivity index (χ2v) is 14.1. The van der Waals surface area contributed by atoms with Gasteiger partial charge in [0.1, 0.15) is 11.2 Å². The summed E-state index contributed by atoms with van der Waals surface area (Å²) in [4.78, 5) is 1.63. The van der Waals surface area contributed by atoms with E-state index in [1.54, 1.807) is 4.90 Å². The Morgan fingerprint density at radius 1 is 0.383 bits per heavy atom. The Labute approximate surface area is 371 Å². The van der Waals surface area contributed by atoms with Crippen LogP contribution in [0.2, 0.25) is 0 Å².